The zero-order chi connectivity index (χ0) is 21.2. The van der Waals surface area contributed by atoms with Crippen LogP contribution in [0.1, 0.15) is 12.0 Å². The summed E-state index contributed by atoms with van der Waals surface area (Å²) >= 11 is 3.31. The van der Waals surface area contributed by atoms with Crippen LogP contribution >= 0.6 is 15.9 Å². The largest absolute Gasteiger partial charge is 0.481 e. The number of anilines is 1. The standard InChI is InChI=1S/C19H17BrFN3O5/c1-28-19(27)11-29-16-7-2-12(8-15(16)20)10-22-24-18(26)9-17(25)23-14-5-3-13(21)4-6-14/h2-8,10H,9,11H2,1H3,(H,23,25)(H,24,26). The molecule has 0 unspecified atom stereocenters. The van der Waals surface area contributed by atoms with Crippen molar-refractivity contribution < 1.29 is 28.2 Å². The third kappa shape index (κ3) is 7.70. The Bertz CT molecular complexity index is 919. The van der Waals surface area contributed by atoms with Crippen LogP contribution in [0.5, 0.6) is 5.75 Å². The molecule has 2 rings (SSSR count). The number of nitrogens with one attached hydrogen (secondary N) is 2. The Balaban J connectivity index is 1.81. The lowest BCUT2D eigenvalue weighted by Gasteiger charge is -2.07. The maximum absolute atomic E-state index is 12.8. The van der Waals surface area contributed by atoms with E-state index in [0.29, 0.717) is 21.5 Å². The fourth-order valence-corrected chi connectivity index (χ4v) is 2.52. The minimum absolute atomic E-state index is 0.224. The maximum Gasteiger partial charge on any atom is 0.343 e. The number of ether oxygens (including phenoxy) is 2. The molecule has 2 aromatic carbocycles. The topological polar surface area (TPSA) is 106 Å². The van der Waals surface area contributed by atoms with E-state index in [1.807, 2.05) is 0 Å². The molecular formula is C19H17BrFN3O5. The van der Waals surface area contributed by atoms with Crippen LogP contribution in [-0.2, 0) is 19.1 Å². The maximum atomic E-state index is 12.8. The number of rotatable bonds is 8. The molecule has 0 aliphatic rings. The number of hydrogen-bond acceptors (Lipinski definition) is 6. The van der Waals surface area contributed by atoms with Gasteiger partial charge in [0.15, 0.2) is 6.61 Å². The number of carbonyl (C=O) groups is 3. The summed E-state index contributed by atoms with van der Waals surface area (Å²) in [6.07, 6.45) is 0.934. The molecule has 29 heavy (non-hydrogen) atoms. The first-order valence-corrected chi connectivity index (χ1v) is 9.03. The van der Waals surface area contributed by atoms with Gasteiger partial charge in [-0.05, 0) is 64.0 Å². The van der Waals surface area contributed by atoms with E-state index in [9.17, 15) is 18.8 Å². The zero-order valence-electron chi connectivity index (χ0n) is 15.3. The number of hydrazone groups is 1. The highest BCUT2D eigenvalue weighted by Crippen LogP contribution is 2.25. The van der Waals surface area contributed by atoms with E-state index in [2.05, 4.69) is 36.5 Å². The molecule has 0 aromatic heterocycles. The predicted molar refractivity (Wildman–Crippen MR) is 107 cm³/mol. The van der Waals surface area contributed by atoms with Crippen molar-refractivity contribution >= 4 is 45.6 Å². The number of carbonyl (C=O) groups excluding carboxylic acids is 3. The summed E-state index contributed by atoms with van der Waals surface area (Å²) in [5, 5.41) is 6.26. The van der Waals surface area contributed by atoms with Gasteiger partial charge in [-0.25, -0.2) is 14.6 Å². The second-order valence-electron chi connectivity index (χ2n) is 5.58. The van der Waals surface area contributed by atoms with Crippen LogP contribution in [0, 0.1) is 5.82 Å². The summed E-state index contributed by atoms with van der Waals surface area (Å²) in [5.74, 6) is -1.66. The normalized spacial score (nSPS) is 10.4. The third-order valence-electron chi connectivity index (χ3n) is 3.38. The highest BCUT2D eigenvalue weighted by atomic mass is 79.9. The number of benzene rings is 2. The van der Waals surface area contributed by atoms with Gasteiger partial charge >= 0.3 is 5.97 Å². The first kappa shape index (κ1) is 22.0. The quantitative estimate of drug-likeness (QED) is 0.269. The molecule has 0 atom stereocenters. The van der Waals surface area contributed by atoms with Crippen LogP contribution in [-0.4, -0.2) is 37.7 Å². The molecule has 2 N–H and O–H groups in total. The van der Waals surface area contributed by atoms with E-state index < -0.39 is 30.0 Å². The van der Waals surface area contributed by atoms with Crippen LogP contribution in [0.3, 0.4) is 0 Å². The number of nitrogens with zero attached hydrogens (tertiary/aromatic N) is 1. The molecule has 0 aliphatic heterocycles. The number of halogens is 2. The molecule has 0 saturated heterocycles. The highest BCUT2D eigenvalue weighted by molar-refractivity contribution is 9.10. The molecule has 0 spiro atoms. The van der Waals surface area contributed by atoms with Gasteiger partial charge in [-0.15, -0.1) is 0 Å². The molecule has 2 aromatic rings. The summed E-state index contributed by atoms with van der Waals surface area (Å²) < 4.78 is 23.2. The van der Waals surface area contributed by atoms with Gasteiger partial charge in [-0.3, -0.25) is 9.59 Å². The molecule has 10 heteroatoms. The fraction of sp³-hybridized carbons (Fsp3) is 0.158. The minimum atomic E-state index is -0.613. The van der Waals surface area contributed by atoms with Crippen molar-refractivity contribution in [1.82, 2.24) is 5.43 Å². The van der Waals surface area contributed by atoms with Crippen LogP contribution in [0.25, 0.3) is 0 Å². The van der Waals surface area contributed by atoms with Gasteiger partial charge < -0.3 is 14.8 Å². The molecule has 2 amide bonds. The zero-order valence-corrected chi connectivity index (χ0v) is 16.9. The Morgan fingerprint density at radius 3 is 2.52 bits per heavy atom. The van der Waals surface area contributed by atoms with E-state index in [0.717, 1.165) is 0 Å². The summed E-state index contributed by atoms with van der Waals surface area (Å²) in [6.45, 7) is -0.224. The number of esters is 1. The van der Waals surface area contributed by atoms with Crippen LogP contribution in [0.2, 0.25) is 0 Å². The van der Waals surface area contributed by atoms with Crippen molar-refractivity contribution in [2.45, 2.75) is 6.42 Å². The predicted octanol–water partition coefficient (Wildman–Crippen LogP) is 2.62. The van der Waals surface area contributed by atoms with E-state index in [-0.39, 0.29) is 6.61 Å². The lowest BCUT2D eigenvalue weighted by Crippen LogP contribution is -2.24. The monoisotopic (exact) mass is 465 g/mol. The Morgan fingerprint density at radius 1 is 1.14 bits per heavy atom. The molecular weight excluding hydrogens is 449 g/mol. The summed E-state index contributed by atoms with van der Waals surface area (Å²) in [4.78, 5) is 34.6. The van der Waals surface area contributed by atoms with E-state index in [1.54, 1.807) is 18.2 Å². The molecule has 0 fully saturated rings. The molecule has 0 bridgehead atoms. The first-order valence-electron chi connectivity index (χ1n) is 8.24. The Labute approximate surface area is 174 Å². The molecule has 0 radical (unpaired) electrons. The van der Waals surface area contributed by atoms with Crippen LogP contribution < -0.4 is 15.5 Å². The molecule has 0 heterocycles. The average Bonchev–Trinajstić information content (AvgIpc) is 2.68. The van der Waals surface area contributed by atoms with Crippen molar-refractivity contribution in [3.63, 3.8) is 0 Å². The van der Waals surface area contributed by atoms with Gasteiger partial charge in [0.05, 0.1) is 17.8 Å². The lowest BCUT2D eigenvalue weighted by atomic mass is 10.2. The van der Waals surface area contributed by atoms with Gasteiger partial charge in [0.25, 0.3) is 0 Å². The molecule has 0 aliphatic carbocycles. The van der Waals surface area contributed by atoms with Gasteiger partial charge in [-0.2, -0.15) is 5.10 Å². The van der Waals surface area contributed by atoms with Crippen LogP contribution in [0.4, 0.5) is 10.1 Å². The Hall–Kier alpha value is -3.27. The second kappa shape index (κ2) is 10.9. The number of methoxy groups -OCH3 is 1. The van der Waals surface area contributed by atoms with Crippen molar-refractivity contribution in [2.24, 2.45) is 5.10 Å². The van der Waals surface area contributed by atoms with Gasteiger partial charge in [-0.1, -0.05) is 0 Å². The lowest BCUT2D eigenvalue weighted by molar-refractivity contribution is -0.143. The van der Waals surface area contributed by atoms with Crippen molar-refractivity contribution in [2.75, 3.05) is 19.0 Å². The molecule has 152 valence electrons. The fourth-order valence-electron chi connectivity index (χ4n) is 2.01. The number of amides is 2. The Morgan fingerprint density at radius 2 is 1.86 bits per heavy atom. The average molecular weight is 466 g/mol. The van der Waals surface area contributed by atoms with Crippen molar-refractivity contribution in [3.05, 3.63) is 58.3 Å². The second-order valence-corrected chi connectivity index (χ2v) is 6.43. The molecule has 0 saturated carbocycles. The first-order chi connectivity index (χ1) is 13.9. The van der Waals surface area contributed by atoms with Gasteiger partial charge in [0.1, 0.15) is 18.0 Å². The minimum Gasteiger partial charge on any atom is -0.481 e. The van der Waals surface area contributed by atoms with E-state index in [4.69, 9.17) is 4.74 Å². The van der Waals surface area contributed by atoms with Gasteiger partial charge in [0.2, 0.25) is 11.8 Å². The Kier molecular flexibility index (Phi) is 8.28. The highest BCUT2D eigenvalue weighted by Gasteiger charge is 2.09. The summed E-state index contributed by atoms with van der Waals surface area (Å²) in [7, 11) is 1.26. The summed E-state index contributed by atoms with van der Waals surface area (Å²) in [6, 6.07) is 10.1. The number of hydrogen-bond donors (Lipinski definition) is 2. The third-order valence-corrected chi connectivity index (χ3v) is 4.00. The molecule has 8 nitrogen and oxygen atoms in total. The van der Waals surface area contributed by atoms with E-state index >= 15 is 0 Å². The van der Waals surface area contributed by atoms with E-state index in [1.165, 1.54) is 37.6 Å². The summed E-state index contributed by atoms with van der Waals surface area (Å²) in [5.41, 5.74) is 3.26. The van der Waals surface area contributed by atoms with Crippen molar-refractivity contribution in [1.29, 1.82) is 0 Å². The SMILES string of the molecule is COC(=O)COc1ccc(C=NNC(=O)CC(=O)Nc2ccc(F)cc2)cc1Br. The van der Waals surface area contributed by atoms with Gasteiger partial charge in [0, 0.05) is 5.69 Å². The van der Waals surface area contributed by atoms with Crippen molar-refractivity contribution in [3.8, 4) is 5.75 Å². The van der Waals surface area contributed by atoms with Crippen LogP contribution in [0.15, 0.2) is 52.0 Å². The smallest absolute Gasteiger partial charge is 0.343 e.